The second-order valence-corrected chi connectivity index (χ2v) is 8.64. The van der Waals surface area contributed by atoms with E-state index in [0.717, 1.165) is 30.2 Å². The molecule has 1 aliphatic carbocycles. The second-order valence-electron chi connectivity index (χ2n) is 6.67. The highest BCUT2D eigenvalue weighted by atomic mass is 32.2. The van der Waals surface area contributed by atoms with Gasteiger partial charge in [0.1, 0.15) is 11.4 Å². The topological polar surface area (TPSA) is 74.8 Å². The summed E-state index contributed by atoms with van der Waals surface area (Å²) >= 11 is 3.12. The van der Waals surface area contributed by atoms with E-state index in [1.807, 2.05) is 6.07 Å². The van der Waals surface area contributed by atoms with Crippen LogP contribution in [0.1, 0.15) is 43.4 Å². The van der Waals surface area contributed by atoms with E-state index >= 15 is 0 Å². The van der Waals surface area contributed by atoms with Crippen LogP contribution in [-0.2, 0) is 11.2 Å². The molecule has 0 aromatic carbocycles. The molecule has 1 aliphatic rings. The van der Waals surface area contributed by atoms with Crippen LogP contribution >= 0.6 is 23.1 Å². The van der Waals surface area contributed by atoms with Crippen LogP contribution in [0.3, 0.4) is 0 Å². The normalized spacial score (nSPS) is 14.3. The first kappa shape index (κ1) is 18.0. The molecule has 132 valence electrons. The Labute approximate surface area is 155 Å². The number of amides is 1. The van der Waals surface area contributed by atoms with Crippen molar-refractivity contribution in [3.63, 3.8) is 0 Å². The van der Waals surface area contributed by atoms with Crippen molar-refractivity contribution in [3.8, 4) is 6.07 Å². The van der Waals surface area contributed by atoms with Crippen molar-refractivity contribution in [1.82, 2.24) is 19.7 Å². The van der Waals surface area contributed by atoms with Gasteiger partial charge in [0.25, 0.3) is 0 Å². The summed E-state index contributed by atoms with van der Waals surface area (Å²) in [6.07, 6.45) is 3.05. The highest BCUT2D eigenvalue weighted by Gasteiger charge is 2.31. The number of hydrogen-bond acceptors (Lipinski definition) is 6. The summed E-state index contributed by atoms with van der Waals surface area (Å²) < 4.78 is 2.19. The Balaban J connectivity index is 1.70. The van der Waals surface area contributed by atoms with Gasteiger partial charge in [0.2, 0.25) is 5.91 Å². The molecule has 2 heterocycles. The number of thioether (sulfide) groups is 1. The highest BCUT2D eigenvalue weighted by molar-refractivity contribution is 7.99. The summed E-state index contributed by atoms with van der Waals surface area (Å²) in [4.78, 5) is 15.1. The zero-order chi connectivity index (χ0) is 18.0. The first-order valence-corrected chi connectivity index (χ1v) is 10.1. The minimum atomic E-state index is -0.813. The molecular weight excluding hydrogens is 354 g/mol. The Kier molecular flexibility index (Phi) is 5.16. The van der Waals surface area contributed by atoms with E-state index in [9.17, 15) is 10.1 Å². The molecule has 0 bridgehead atoms. The molecular formula is C17H21N5OS2. The Morgan fingerprint density at radius 2 is 2.28 bits per heavy atom. The number of carbonyl (C=O) groups excluding carboxylic acids is 1. The third-order valence-corrected chi connectivity index (χ3v) is 6.17. The van der Waals surface area contributed by atoms with Gasteiger partial charge in [-0.3, -0.25) is 4.79 Å². The average molecular weight is 376 g/mol. The number of aromatic nitrogens is 3. The molecule has 6 nitrogen and oxygen atoms in total. The number of carbonyl (C=O) groups is 1. The molecule has 0 atom stereocenters. The fourth-order valence-electron chi connectivity index (χ4n) is 2.40. The molecule has 1 fully saturated rings. The van der Waals surface area contributed by atoms with Gasteiger partial charge in [-0.05, 0) is 38.1 Å². The van der Waals surface area contributed by atoms with E-state index in [4.69, 9.17) is 0 Å². The quantitative estimate of drug-likeness (QED) is 0.695. The third-order valence-electron chi connectivity index (χ3n) is 4.37. The molecule has 0 unspecified atom stereocenters. The van der Waals surface area contributed by atoms with E-state index in [-0.39, 0.29) is 11.7 Å². The number of hydrogen-bond donors (Lipinski definition) is 0. The lowest BCUT2D eigenvalue weighted by Crippen LogP contribution is -2.44. The van der Waals surface area contributed by atoms with Crippen molar-refractivity contribution < 1.29 is 4.79 Å². The Hall–Kier alpha value is -1.85. The first-order chi connectivity index (χ1) is 11.9. The van der Waals surface area contributed by atoms with Gasteiger partial charge in [-0.25, -0.2) is 0 Å². The summed E-state index contributed by atoms with van der Waals surface area (Å²) in [6.45, 7) is 3.47. The average Bonchev–Trinajstić information content (AvgIpc) is 3.15. The number of thiophene rings is 1. The minimum absolute atomic E-state index is 0.0818. The largest absolute Gasteiger partial charge is 0.327 e. The lowest BCUT2D eigenvalue weighted by atomic mass is 10.1. The van der Waals surface area contributed by atoms with Crippen molar-refractivity contribution in [1.29, 1.82) is 5.26 Å². The third kappa shape index (κ3) is 4.05. The molecule has 0 saturated heterocycles. The smallest absolute Gasteiger partial charge is 0.234 e. The van der Waals surface area contributed by atoms with Gasteiger partial charge in [-0.15, -0.1) is 21.5 Å². The van der Waals surface area contributed by atoms with Gasteiger partial charge in [0.15, 0.2) is 5.16 Å². The highest BCUT2D eigenvalue weighted by Crippen LogP contribution is 2.39. The van der Waals surface area contributed by atoms with E-state index < -0.39 is 5.54 Å². The molecule has 1 saturated carbocycles. The molecule has 1 amide bonds. The van der Waals surface area contributed by atoms with Crippen LogP contribution in [-0.4, -0.2) is 43.9 Å². The zero-order valence-corrected chi connectivity index (χ0v) is 16.2. The predicted molar refractivity (Wildman–Crippen MR) is 98.6 cm³/mol. The van der Waals surface area contributed by atoms with E-state index in [0.29, 0.717) is 6.04 Å². The maximum atomic E-state index is 12.4. The Morgan fingerprint density at radius 3 is 2.88 bits per heavy atom. The van der Waals surface area contributed by atoms with Crippen molar-refractivity contribution in [2.45, 2.75) is 49.8 Å². The zero-order valence-electron chi connectivity index (χ0n) is 14.6. The van der Waals surface area contributed by atoms with Crippen LogP contribution in [0.5, 0.6) is 0 Å². The van der Waals surface area contributed by atoms with Gasteiger partial charge in [-0.1, -0.05) is 17.8 Å². The lowest BCUT2D eigenvalue weighted by Gasteiger charge is -2.28. The van der Waals surface area contributed by atoms with Gasteiger partial charge < -0.3 is 9.47 Å². The molecule has 25 heavy (non-hydrogen) atoms. The van der Waals surface area contributed by atoms with Crippen LogP contribution in [0, 0.1) is 11.3 Å². The van der Waals surface area contributed by atoms with Crippen LogP contribution in [0.2, 0.25) is 0 Å². The maximum absolute atomic E-state index is 12.4. The molecule has 0 aliphatic heterocycles. The molecule has 2 aromatic rings. The fourth-order valence-corrected chi connectivity index (χ4v) is 4.04. The molecule has 8 heteroatoms. The van der Waals surface area contributed by atoms with Gasteiger partial charge in [-0.2, -0.15) is 5.26 Å². The Morgan fingerprint density at radius 1 is 1.52 bits per heavy atom. The lowest BCUT2D eigenvalue weighted by molar-refractivity contribution is -0.130. The van der Waals surface area contributed by atoms with E-state index in [2.05, 4.69) is 32.3 Å². The summed E-state index contributed by atoms with van der Waals surface area (Å²) in [5.74, 6) is 1.14. The van der Waals surface area contributed by atoms with Crippen LogP contribution in [0.25, 0.3) is 0 Å². The molecule has 0 radical (unpaired) electrons. The summed E-state index contributed by atoms with van der Waals surface area (Å²) in [7, 11) is 1.67. The Bertz CT molecular complexity index is 787. The fraction of sp³-hybridized carbons (Fsp3) is 0.529. The van der Waals surface area contributed by atoms with E-state index in [1.54, 1.807) is 32.2 Å². The van der Waals surface area contributed by atoms with Crippen molar-refractivity contribution in [2.24, 2.45) is 0 Å². The van der Waals surface area contributed by atoms with Crippen LogP contribution < -0.4 is 0 Å². The van der Waals surface area contributed by atoms with Crippen molar-refractivity contribution in [2.75, 3.05) is 12.8 Å². The second kappa shape index (κ2) is 7.18. The standard InChI is InChI=1S/C17H21N5OS2/c1-17(2,11-18)21(3)15(23)10-25-16-20-19-14(22(16)12-6-7-12)9-13-5-4-8-24-13/h4-5,8,12H,6-7,9-10H2,1-3H3. The van der Waals surface area contributed by atoms with Crippen LogP contribution in [0.15, 0.2) is 22.7 Å². The van der Waals surface area contributed by atoms with Crippen LogP contribution in [0.4, 0.5) is 0 Å². The summed E-state index contributed by atoms with van der Waals surface area (Å²) in [6, 6.07) is 6.75. The summed E-state index contributed by atoms with van der Waals surface area (Å²) in [5.41, 5.74) is -0.813. The maximum Gasteiger partial charge on any atom is 0.234 e. The molecule has 0 spiro atoms. The summed E-state index contributed by atoms with van der Waals surface area (Å²) in [5, 5.41) is 20.7. The van der Waals surface area contributed by atoms with E-state index in [1.165, 1.54) is 21.5 Å². The van der Waals surface area contributed by atoms with Gasteiger partial charge in [0, 0.05) is 24.4 Å². The van der Waals surface area contributed by atoms with Crippen molar-refractivity contribution in [3.05, 3.63) is 28.2 Å². The molecule has 2 aromatic heterocycles. The SMILES string of the molecule is CN(C(=O)CSc1nnc(Cc2cccs2)n1C1CC1)C(C)(C)C#N. The van der Waals surface area contributed by atoms with Crippen molar-refractivity contribution >= 4 is 29.0 Å². The number of nitriles is 1. The monoisotopic (exact) mass is 375 g/mol. The van der Waals surface area contributed by atoms with Gasteiger partial charge in [0.05, 0.1) is 11.8 Å². The first-order valence-electron chi connectivity index (χ1n) is 8.19. The predicted octanol–water partition coefficient (Wildman–Crippen LogP) is 3.12. The van der Waals surface area contributed by atoms with Gasteiger partial charge >= 0.3 is 0 Å². The minimum Gasteiger partial charge on any atom is -0.327 e. The molecule has 0 N–H and O–H groups in total. The number of rotatable bonds is 7. The number of nitrogens with zero attached hydrogens (tertiary/aromatic N) is 5. The molecule has 3 rings (SSSR count).